The first-order chi connectivity index (χ1) is 18.4. The first-order valence-corrected chi connectivity index (χ1v) is 13.7. The number of nitrogens with one attached hydrogen (secondary N) is 1. The molecule has 9 heteroatoms. The van der Waals surface area contributed by atoms with Crippen molar-refractivity contribution in [3.05, 3.63) is 70.8 Å². The molecule has 0 saturated carbocycles. The van der Waals surface area contributed by atoms with Crippen LogP contribution in [0.2, 0.25) is 0 Å². The summed E-state index contributed by atoms with van der Waals surface area (Å²) in [6.07, 6.45) is 7.57. The number of aromatic nitrogens is 1. The molecule has 5 rings (SSSR count). The van der Waals surface area contributed by atoms with Gasteiger partial charge in [0.1, 0.15) is 13.1 Å². The number of thioether (sulfide) groups is 1. The van der Waals surface area contributed by atoms with Gasteiger partial charge in [-0.3, -0.25) is 24.1 Å². The summed E-state index contributed by atoms with van der Waals surface area (Å²) in [4.78, 5) is 54.5. The highest BCUT2D eigenvalue weighted by molar-refractivity contribution is 8.18. The summed E-state index contributed by atoms with van der Waals surface area (Å²) in [5.74, 6) is -0.820. The fourth-order valence-corrected chi connectivity index (χ4v) is 5.76. The first kappa shape index (κ1) is 25.8. The molecule has 2 saturated heterocycles. The lowest BCUT2D eigenvalue weighted by molar-refractivity contribution is -0.135. The Morgan fingerprint density at radius 2 is 1.74 bits per heavy atom. The number of anilines is 1. The van der Waals surface area contributed by atoms with Crippen molar-refractivity contribution in [2.24, 2.45) is 0 Å². The molecule has 3 aromatic rings. The molecular formula is C29H30N4O4S. The second-order valence-corrected chi connectivity index (χ2v) is 10.7. The zero-order valence-electron chi connectivity index (χ0n) is 21.3. The molecule has 0 atom stereocenters. The van der Waals surface area contributed by atoms with Gasteiger partial charge in [0.25, 0.3) is 11.1 Å². The minimum absolute atomic E-state index is 0.0914. The van der Waals surface area contributed by atoms with Crippen LogP contribution in [0, 0.1) is 6.92 Å². The van der Waals surface area contributed by atoms with Crippen molar-refractivity contribution < 1.29 is 19.2 Å². The maximum Gasteiger partial charge on any atom is 0.294 e. The number of carbonyl (C=O) groups is 4. The summed E-state index contributed by atoms with van der Waals surface area (Å²) < 4.78 is 1.83. The van der Waals surface area contributed by atoms with E-state index < -0.39 is 11.1 Å². The van der Waals surface area contributed by atoms with Crippen LogP contribution in [0.4, 0.5) is 10.5 Å². The number of nitrogens with zero attached hydrogens (tertiary/aromatic N) is 3. The summed E-state index contributed by atoms with van der Waals surface area (Å²) in [7, 11) is 0. The van der Waals surface area contributed by atoms with Crippen molar-refractivity contribution in [2.75, 3.05) is 25.0 Å². The number of amides is 4. The Hall–Kier alpha value is -3.85. The van der Waals surface area contributed by atoms with Gasteiger partial charge in [-0.2, -0.15) is 0 Å². The smallest absolute Gasteiger partial charge is 0.294 e. The molecule has 0 aliphatic carbocycles. The predicted molar refractivity (Wildman–Crippen MR) is 149 cm³/mol. The number of benzene rings is 2. The molecule has 196 valence electrons. The van der Waals surface area contributed by atoms with Gasteiger partial charge in [-0.1, -0.05) is 43.2 Å². The normalized spacial score (nSPS) is 17.3. The number of rotatable bonds is 6. The Balaban J connectivity index is 1.34. The van der Waals surface area contributed by atoms with Crippen molar-refractivity contribution in [3.63, 3.8) is 0 Å². The summed E-state index contributed by atoms with van der Waals surface area (Å²) in [5, 5.41) is 3.35. The summed E-state index contributed by atoms with van der Waals surface area (Å²) in [6, 6.07) is 15.2. The number of aryl methyl sites for hydroxylation is 1. The van der Waals surface area contributed by atoms with Gasteiger partial charge in [-0.05, 0) is 61.4 Å². The highest BCUT2D eigenvalue weighted by Gasteiger charge is 2.37. The second-order valence-electron chi connectivity index (χ2n) is 9.71. The molecule has 0 bridgehead atoms. The number of fused-ring (bicyclic) bond motifs is 1. The number of para-hydroxylation sites is 1. The molecule has 0 unspecified atom stereocenters. The number of hydrogen-bond donors (Lipinski definition) is 1. The Labute approximate surface area is 225 Å². The SMILES string of the molecule is Cc1cccc(NC(=O)Cn2cc(C=C3SC(=O)N(CC(=O)N4CCCCCC4)C3=O)c3ccccc32)c1. The van der Waals surface area contributed by atoms with Gasteiger partial charge in [0.05, 0.1) is 4.91 Å². The van der Waals surface area contributed by atoms with Crippen molar-refractivity contribution in [1.82, 2.24) is 14.4 Å². The molecule has 2 aliphatic heterocycles. The molecule has 0 radical (unpaired) electrons. The lowest BCUT2D eigenvalue weighted by atomic mass is 10.1. The zero-order valence-corrected chi connectivity index (χ0v) is 22.1. The van der Waals surface area contributed by atoms with Crippen molar-refractivity contribution >= 4 is 57.4 Å². The molecule has 0 spiro atoms. The van der Waals surface area contributed by atoms with Gasteiger partial charge in [0.15, 0.2) is 0 Å². The van der Waals surface area contributed by atoms with E-state index in [1.807, 2.05) is 66.2 Å². The topological polar surface area (TPSA) is 91.7 Å². The fourth-order valence-electron chi connectivity index (χ4n) is 4.93. The maximum absolute atomic E-state index is 13.1. The molecule has 2 aliphatic rings. The van der Waals surface area contributed by atoms with Gasteiger partial charge in [-0.15, -0.1) is 0 Å². The number of imide groups is 1. The van der Waals surface area contributed by atoms with Crippen LogP contribution in [0.25, 0.3) is 17.0 Å². The highest BCUT2D eigenvalue weighted by atomic mass is 32.2. The first-order valence-electron chi connectivity index (χ1n) is 12.9. The van der Waals surface area contributed by atoms with E-state index in [9.17, 15) is 19.2 Å². The molecular weight excluding hydrogens is 500 g/mol. The molecule has 4 amide bonds. The van der Waals surface area contributed by atoms with Crippen LogP contribution in [0.3, 0.4) is 0 Å². The van der Waals surface area contributed by atoms with Crippen molar-refractivity contribution in [2.45, 2.75) is 39.2 Å². The average Bonchev–Trinajstić information content (AvgIpc) is 3.19. The second kappa shape index (κ2) is 11.3. The highest BCUT2D eigenvalue weighted by Crippen LogP contribution is 2.34. The van der Waals surface area contributed by atoms with E-state index in [1.165, 1.54) is 0 Å². The van der Waals surface area contributed by atoms with E-state index in [4.69, 9.17) is 0 Å². The number of likely N-dealkylation sites (tertiary alicyclic amines) is 1. The van der Waals surface area contributed by atoms with Crippen LogP contribution >= 0.6 is 11.8 Å². The van der Waals surface area contributed by atoms with E-state index in [0.29, 0.717) is 13.1 Å². The van der Waals surface area contributed by atoms with Crippen molar-refractivity contribution in [1.29, 1.82) is 0 Å². The molecule has 3 heterocycles. The van der Waals surface area contributed by atoms with E-state index in [0.717, 1.165) is 70.1 Å². The summed E-state index contributed by atoms with van der Waals surface area (Å²) >= 11 is 0.843. The van der Waals surface area contributed by atoms with Gasteiger partial charge in [0.2, 0.25) is 11.8 Å². The Kier molecular flexibility index (Phi) is 7.64. The number of hydrogen-bond acceptors (Lipinski definition) is 5. The van der Waals surface area contributed by atoms with E-state index in [2.05, 4.69) is 5.32 Å². The minimum Gasteiger partial charge on any atom is -0.341 e. The van der Waals surface area contributed by atoms with E-state index in [1.54, 1.807) is 11.0 Å². The largest absolute Gasteiger partial charge is 0.341 e. The maximum atomic E-state index is 13.1. The summed E-state index contributed by atoms with van der Waals surface area (Å²) in [6.45, 7) is 3.16. The molecule has 38 heavy (non-hydrogen) atoms. The van der Waals surface area contributed by atoms with Gasteiger partial charge in [-0.25, -0.2) is 0 Å². The minimum atomic E-state index is -0.461. The summed E-state index contributed by atoms with van der Waals surface area (Å²) in [5.41, 5.74) is 3.36. The monoisotopic (exact) mass is 530 g/mol. The standard InChI is InChI=1S/C29H30N4O4S/c1-20-9-8-10-22(15-20)30-26(34)18-32-17-21(23-11-4-5-12-24(23)32)16-25-28(36)33(29(37)38-25)19-27(35)31-13-6-2-3-7-14-31/h4-5,8-12,15-17H,2-3,6-7,13-14,18-19H2,1H3,(H,30,34). The molecule has 1 aromatic heterocycles. The molecule has 2 fully saturated rings. The third-order valence-electron chi connectivity index (χ3n) is 6.85. The van der Waals surface area contributed by atoms with Gasteiger partial charge in [0, 0.05) is 41.4 Å². The van der Waals surface area contributed by atoms with Crippen molar-refractivity contribution in [3.8, 4) is 0 Å². The third kappa shape index (κ3) is 5.67. The van der Waals surface area contributed by atoms with Crippen LogP contribution in [-0.2, 0) is 20.9 Å². The fraction of sp³-hybridized carbons (Fsp3) is 0.310. The lowest BCUT2D eigenvalue weighted by Gasteiger charge is -2.22. The quantitative estimate of drug-likeness (QED) is 0.452. The Bertz CT molecular complexity index is 1440. The molecule has 1 N–H and O–H groups in total. The van der Waals surface area contributed by atoms with Crippen LogP contribution in [0.5, 0.6) is 0 Å². The molecule has 8 nitrogen and oxygen atoms in total. The van der Waals surface area contributed by atoms with Crippen LogP contribution in [0.1, 0.15) is 36.8 Å². The zero-order chi connectivity index (χ0) is 26.6. The number of carbonyl (C=O) groups excluding carboxylic acids is 4. The van der Waals surface area contributed by atoms with Gasteiger partial charge >= 0.3 is 0 Å². The van der Waals surface area contributed by atoms with E-state index in [-0.39, 0.29) is 29.8 Å². The van der Waals surface area contributed by atoms with Crippen LogP contribution < -0.4 is 5.32 Å². The van der Waals surface area contributed by atoms with Crippen LogP contribution in [0.15, 0.2) is 59.6 Å². The Morgan fingerprint density at radius 1 is 0.974 bits per heavy atom. The predicted octanol–water partition coefficient (Wildman–Crippen LogP) is 5.03. The lowest BCUT2D eigenvalue weighted by Crippen LogP contribution is -2.42. The molecule has 2 aromatic carbocycles. The van der Waals surface area contributed by atoms with E-state index >= 15 is 0 Å². The van der Waals surface area contributed by atoms with Crippen LogP contribution in [-0.4, -0.2) is 57.0 Å². The third-order valence-corrected chi connectivity index (χ3v) is 7.75. The Morgan fingerprint density at radius 3 is 2.50 bits per heavy atom. The average molecular weight is 531 g/mol. The van der Waals surface area contributed by atoms with Gasteiger partial charge < -0.3 is 14.8 Å².